The Balaban J connectivity index is 2.03. The number of hydrogen-bond donors (Lipinski definition) is 0. The van der Waals surface area contributed by atoms with Crippen LogP contribution in [0.25, 0.3) is 0 Å². The van der Waals surface area contributed by atoms with Crippen LogP contribution in [0.5, 0.6) is 0 Å². The molecule has 3 nitrogen and oxygen atoms in total. The number of nitrogens with zero attached hydrogens (tertiary/aromatic N) is 1. The van der Waals surface area contributed by atoms with E-state index in [-0.39, 0.29) is 16.8 Å². The van der Waals surface area contributed by atoms with Crippen molar-refractivity contribution in [2.45, 2.75) is 13.5 Å². The molecular formula is C18H13BrF2INO2. The van der Waals surface area contributed by atoms with Crippen LogP contribution in [0.15, 0.2) is 57.8 Å². The molecule has 0 unspecified atom stereocenters. The van der Waals surface area contributed by atoms with Gasteiger partial charge in [-0.05, 0) is 87.4 Å². The van der Waals surface area contributed by atoms with E-state index in [2.05, 4.69) is 38.5 Å². The van der Waals surface area contributed by atoms with E-state index in [0.29, 0.717) is 5.69 Å². The lowest BCUT2D eigenvalue weighted by Crippen LogP contribution is -2.20. The first-order chi connectivity index (χ1) is 12.0. The Kier molecular flexibility index (Phi) is 5.75. The molecule has 1 aromatic heterocycles. The maximum Gasteiger partial charge on any atom is 0.186 e. The Hall–Kier alpha value is -1.45. The van der Waals surface area contributed by atoms with Crippen LogP contribution in [0.3, 0.4) is 0 Å². The predicted molar refractivity (Wildman–Crippen MR) is 104 cm³/mol. The topological polar surface area (TPSA) is 25.6 Å². The third kappa shape index (κ3) is 4.04. The van der Waals surface area contributed by atoms with Crippen LogP contribution in [-0.2, 0) is 11.4 Å². The molecule has 3 rings (SSSR count). The van der Waals surface area contributed by atoms with Gasteiger partial charge in [0.15, 0.2) is 11.6 Å². The molecule has 0 aliphatic carbocycles. The van der Waals surface area contributed by atoms with Gasteiger partial charge in [0.2, 0.25) is 0 Å². The van der Waals surface area contributed by atoms with Crippen LogP contribution in [0.2, 0.25) is 0 Å². The lowest BCUT2D eigenvalue weighted by atomic mass is 10.2. The first-order valence-electron chi connectivity index (χ1n) is 7.31. The van der Waals surface area contributed by atoms with Crippen molar-refractivity contribution in [3.8, 4) is 0 Å². The summed E-state index contributed by atoms with van der Waals surface area (Å²) in [6.45, 7) is 2.04. The second-order valence-corrected chi connectivity index (χ2v) is 7.42. The van der Waals surface area contributed by atoms with Gasteiger partial charge in [0.25, 0.3) is 0 Å². The average Bonchev–Trinajstić information content (AvgIpc) is 3.09. The number of furan rings is 1. The van der Waals surface area contributed by atoms with Crippen molar-refractivity contribution in [1.29, 1.82) is 0 Å². The number of halogens is 4. The van der Waals surface area contributed by atoms with E-state index < -0.39 is 11.6 Å². The van der Waals surface area contributed by atoms with Crippen LogP contribution in [-0.4, -0.2) is 0 Å². The van der Waals surface area contributed by atoms with Crippen molar-refractivity contribution >= 4 is 49.9 Å². The standard InChI is InChI=1S/C18H13BrF2INO2/c1-11-8-13(22)2-4-15(11)23(25-10-12-6-7-24-9-12)16-5-3-14(19)17(20)18(16)21/h2-9H,10H2,1H3. The van der Waals surface area contributed by atoms with Gasteiger partial charge in [-0.3, -0.25) is 4.84 Å². The second kappa shape index (κ2) is 7.84. The summed E-state index contributed by atoms with van der Waals surface area (Å²) in [5.41, 5.74) is 2.28. The maximum absolute atomic E-state index is 14.5. The minimum absolute atomic E-state index is 0.00602. The van der Waals surface area contributed by atoms with Gasteiger partial charge in [0, 0.05) is 9.13 Å². The fourth-order valence-corrected chi connectivity index (χ4v) is 3.26. The number of aryl methyl sites for hydroxylation is 1. The van der Waals surface area contributed by atoms with Crippen molar-refractivity contribution in [3.05, 3.63) is 79.7 Å². The summed E-state index contributed by atoms with van der Waals surface area (Å²) in [4.78, 5) is 5.80. The summed E-state index contributed by atoms with van der Waals surface area (Å²) >= 11 is 5.19. The molecule has 0 aliphatic heterocycles. The summed E-state index contributed by atoms with van der Waals surface area (Å²) in [6.07, 6.45) is 3.07. The van der Waals surface area contributed by atoms with Gasteiger partial charge in [-0.25, -0.2) is 13.8 Å². The highest BCUT2D eigenvalue weighted by atomic mass is 127. The smallest absolute Gasteiger partial charge is 0.186 e. The Morgan fingerprint density at radius 2 is 1.88 bits per heavy atom. The van der Waals surface area contributed by atoms with Gasteiger partial charge in [-0.1, -0.05) is 0 Å². The van der Waals surface area contributed by atoms with Gasteiger partial charge < -0.3 is 4.42 Å². The minimum atomic E-state index is -0.987. The summed E-state index contributed by atoms with van der Waals surface area (Å²) in [6, 6.07) is 10.3. The molecule has 2 aromatic carbocycles. The molecule has 0 saturated carbocycles. The first-order valence-corrected chi connectivity index (χ1v) is 9.18. The lowest BCUT2D eigenvalue weighted by Gasteiger charge is -2.26. The SMILES string of the molecule is Cc1cc(I)ccc1N(OCc1ccoc1)c1ccc(Br)c(F)c1F. The van der Waals surface area contributed by atoms with E-state index in [1.807, 2.05) is 25.1 Å². The Labute approximate surface area is 165 Å². The molecule has 0 fully saturated rings. The van der Waals surface area contributed by atoms with Crippen LogP contribution in [0.4, 0.5) is 20.2 Å². The zero-order valence-electron chi connectivity index (χ0n) is 13.1. The van der Waals surface area contributed by atoms with Crippen LogP contribution < -0.4 is 5.06 Å². The van der Waals surface area contributed by atoms with Crippen LogP contribution in [0, 0.1) is 22.1 Å². The molecule has 0 saturated heterocycles. The van der Waals surface area contributed by atoms with Crippen LogP contribution in [0.1, 0.15) is 11.1 Å². The molecule has 130 valence electrons. The molecule has 7 heteroatoms. The molecule has 0 amide bonds. The predicted octanol–water partition coefficient (Wildman–Crippen LogP) is 6.50. The summed E-state index contributed by atoms with van der Waals surface area (Å²) in [5.74, 6) is -1.95. The number of anilines is 2. The number of rotatable bonds is 5. The third-order valence-corrected chi connectivity index (χ3v) is 4.84. The highest BCUT2D eigenvalue weighted by Crippen LogP contribution is 2.35. The van der Waals surface area contributed by atoms with Crippen LogP contribution >= 0.6 is 38.5 Å². The van der Waals surface area contributed by atoms with Gasteiger partial charge in [0.1, 0.15) is 12.3 Å². The summed E-state index contributed by atoms with van der Waals surface area (Å²) in [7, 11) is 0. The van der Waals surface area contributed by atoms with E-state index in [1.54, 1.807) is 6.07 Å². The Morgan fingerprint density at radius 1 is 1.12 bits per heavy atom. The van der Waals surface area contributed by atoms with E-state index >= 15 is 0 Å². The summed E-state index contributed by atoms with van der Waals surface area (Å²) in [5, 5.41) is 1.31. The normalized spacial score (nSPS) is 10.9. The fourth-order valence-electron chi connectivity index (χ4n) is 2.30. The molecule has 0 radical (unpaired) electrons. The largest absolute Gasteiger partial charge is 0.472 e. The monoisotopic (exact) mass is 519 g/mol. The maximum atomic E-state index is 14.5. The average molecular weight is 520 g/mol. The van der Waals surface area contributed by atoms with Crippen molar-refractivity contribution in [3.63, 3.8) is 0 Å². The zero-order chi connectivity index (χ0) is 18.0. The van der Waals surface area contributed by atoms with Crippen molar-refractivity contribution in [2.75, 3.05) is 5.06 Å². The van der Waals surface area contributed by atoms with E-state index in [9.17, 15) is 8.78 Å². The zero-order valence-corrected chi connectivity index (χ0v) is 16.8. The van der Waals surface area contributed by atoms with Gasteiger partial charge >= 0.3 is 0 Å². The molecule has 0 spiro atoms. The van der Waals surface area contributed by atoms with Gasteiger partial charge in [0.05, 0.1) is 22.7 Å². The molecule has 0 bridgehead atoms. The van der Waals surface area contributed by atoms with Crippen molar-refractivity contribution in [2.24, 2.45) is 0 Å². The Bertz CT molecular complexity index is 887. The highest BCUT2D eigenvalue weighted by molar-refractivity contribution is 14.1. The van der Waals surface area contributed by atoms with E-state index in [1.165, 1.54) is 29.7 Å². The van der Waals surface area contributed by atoms with Crippen molar-refractivity contribution in [1.82, 2.24) is 0 Å². The quantitative estimate of drug-likeness (QED) is 0.218. The lowest BCUT2D eigenvalue weighted by molar-refractivity contribution is 0.119. The van der Waals surface area contributed by atoms with Gasteiger partial charge in [-0.15, -0.1) is 0 Å². The molecule has 1 heterocycles. The molecule has 3 aromatic rings. The van der Waals surface area contributed by atoms with E-state index in [0.717, 1.165) is 14.7 Å². The molecule has 0 N–H and O–H groups in total. The summed E-state index contributed by atoms with van der Waals surface area (Å²) < 4.78 is 34.7. The molecule has 0 aliphatic rings. The first kappa shape index (κ1) is 18.3. The van der Waals surface area contributed by atoms with E-state index in [4.69, 9.17) is 9.25 Å². The highest BCUT2D eigenvalue weighted by Gasteiger charge is 2.21. The molecule has 0 atom stereocenters. The van der Waals surface area contributed by atoms with Crippen molar-refractivity contribution < 1.29 is 18.0 Å². The Morgan fingerprint density at radius 3 is 2.56 bits per heavy atom. The number of hydrogen-bond acceptors (Lipinski definition) is 3. The number of benzene rings is 2. The second-order valence-electron chi connectivity index (χ2n) is 5.32. The fraction of sp³-hybridized carbons (Fsp3) is 0.111. The van der Waals surface area contributed by atoms with Gasteiger partial charge in [-0.2, -0.15) is 0 Å². The third-order valence-electron chi connectivity index (χ3n) is 3.55. The minimum Gasteiger partial charge on any atom is -0.472 e. The molecular weight excluding hydrogens is 507 g/mol. The molecule has 25 heavy (non-hydrogen) atoms.